The molecule has 0 atom stereocenters. The number of rotatable bonds is 3. The number of halogens is 1. The monoisotopic (exact) mass is 274 g/mol. The van der Waals surface area contributed by atoms with Crippen LogP contribution in [0.3, 0.4) is 0 Å². The van der Waals surface area contributed by atoms with Gasteiger partial charge in [-0.25, -0.2) is 4.98 Å². The van der Waals surface area contributed by atoms with Gasteiger partial charge in [0.2, 0.25) is 0 Å². The van der Waals surface area contributed by atoms with Crippen LogP contribution in [-0.4, -0.2) is 11.3 Å². The summed E-state index contributed by atoms with van der Waals surface area (Å²) < 4.78 is 0. The summed E-state index contributed by atoms with van der Waals surface area (Å²) in [5.74, 6) is 0. The molecule has 1 heterocycles. The molecule has 0 N–H and O–H groups in total. The Hall–Kier alpha value is -1.83. The first-order valence-corrected chi connectivity index (χ1v) is 6.22. The highest BCUT2D eigenvalue weighted by atomic mass is 35.5. The lowest BCUT2D eigenvalue weighted by atomic mass is 10.3. The van der Waals surface area contributed by atoms with Gasteiger partial charge in [0.1, 0.15) is 16.8 Å². The first-order chi connectivity index (χ1) is 8.72. The first kappa shape index (κ1) is 12.6. The van der Waals surface area contributed by atoms with Gasteiger partial charge in [-0.2, -0.15) is 5.26 Å². The van der Waals surface area contributed by atoms with Gasteiger partial charge in [-0.05, 0) is 36.4 Å². The van der Waals surface area contributed by atoms with E-state index in [2.05, 4.69) is 11.1 Å². The van der Waals surface area contributed by atoms with E-state index in [1.807, 2.05) is 12.1 Å². The van der Waals surface area contributed by atoms with Crippen molar-refractivity contribution in [3.63, 3.8) is 0 Å². The van der Waals surface area contributed by atoms with Gasteiger partial charge in [0.05, 0.1) is 5.56 Å². The van der Waals surface area contributed by atoms with E-state index in [0.717, 1.165) is 4.90 Å². The minimum atomic E-state index is 0.311. The van der Waals surface area contributed by atoms with Crippen molar-refractivity contribution in [2.45, 2.75) is 9.92 Å². The van der Waals surface area contributed by atoms with Crippen LogP contribution in [0, 0.1) is 11.3 Å². The van der Waals surface area contributed by atoms with Crippen LogP contribution in [0.5, 0.6) is 0 Å². The number of nitriles is 1. The Morgan fingerprint density at radius 2 is 1.94 bits per heavy atom. The number of pyridine rings is 1. The number of benzene rings is 1. The van der Waals surface area contributed by atoms with Crippen LogP contribution in [0.15, 0.2) is 46.3 Å². The number of carbonyl (C=O) groups excluding carboxylic acids is 1. The molecule has 0 saturated carbocycles. The van der Waals surface area contributed by atoms with Crippen molar-refractivity contribution in [2.24, 2.45) is 0 Å². The molecule has 0 saturated heterocycles. The second-order valence-electron chi connectivity index (χ2n) is 3.37. The molecule has 2 aromatic rings. The minimum absolute atomic E-state index is 0.311. The topological polar surface area (TPSA) is 53.8 Å². The maximum absolute atomic E-state index is 10.7. The minimum Gasteiger partial charge on any atom is -0.296 e. The second-order valence-corrected chi connectivity index (χ2v) is 4.87. The zero-order valence-corrected chi connectivity index (χ0v) is 10.7. The van der Waals surface area contributed by atoms with Crippen LogP contribution < -0.4 is 0 Å². The van der Waals surface area contributed by atoms with E-state index in [1.165, 1.54) is 17.8 Å². The fraction of sp³-hybridized carbons (Fsp3) is 0. The van der Waals surface area contributed by atoms with Gasteiger partial charge in [0.25, 0.3) is 0 Å². The lowest BCUT2D eigenvalue weighted by molar-refractivity contribution is 0.111. The summed E-state index contributed by atoms with van der Waals surface area (Å²) in [6, 6.07) is 12.4. The van der Waals surface area contributed by atoms with Crippen molar-refractivity contribution >= 4 is 29.6 Å². The van der Waals surface area contributed by atoms with E-state index in [1.54, 1.807) is 18.2 Å². The van der Waals surface area contributed by atoms with Crippen LogP contribution in [0.1, 0.15) is 16.1 Å². The van der Waals surface area contributed by atoms with E-state index < -0.39 is 0 Å². The molecule has 0 amide bonds. The Balaban J connectivity index is 2.35. The smallest absolute Gasteiger partial charge is 0.168 e. The van der Waals surface area contributed by atoms with E-state index in [9.17, 15) is 4.79 Å². The van der Waals surface area contributed by atoms with Crippen LogP contribution in [-0.2, 0) is 0 Å². The maximum atomic E-state index is 10.7. The predicted octanol–water partition coefficient (Wildman–Crippen LogP) is 3.57. The van der Waals surface area contributed by atoms with E-state index in [4.69, 9.17) is 16.9 Å². The summed E-state index contributed by atoms with van der Waals surface area (Å²) in [5, 5.41) is 10.2. The molecular formula is C13H7ClN2OS. The van der Waals surface area contributed by atoms with Crippen LogP contribution in [0.2, 0.25) is 5.02 Å². The molecule has 1 aromatic heterocycles. The molecular weight excluding hydrogens is 268 g/mol. The van der Waals surface area contributed by atoms with Gasteiger partial charge >= 0.3 is 0 Å². The number of hydrogen-bond acceptors (Lipinski definition) is 4. The molecule has 88 valence electrons. The second kappa shape index (κ2) is 5.67. The predicted molar refractivity (Wildman–Crippen MR) is 69.9 cm³/mol. The Morgan fingerprint density at radius 1 is 1.22 bits per heavy atom. The zero-order chi connectivity index (χ0) is 13.0. The molecule has 0 aliphatic carbocycles. The van der Waals surface area contributed by atoms with E-state index in [-0.39, 0.29) is 0 Å². The zero-order valence-electron chi connectivity index (χ0n) is 9.13. The van der Waals surface area contributed by atoms with Gasteiger partial charge < -0.3 is 0 Å². The molecule has 1 aromatic carbocycles. The number of aldehydes is 1. The summed E-state index contributed by atoms with van der Waals surface area (Å²) in [4.78, 5) is 15.7. The van der Waals surface area contributed by atoms with Crippen molar-refractivity contribution < 1.29 is 4.79 Å². The number of carbonyl (C=O) groups is 1. The largest absolute Gasteiger partial charge is 0.296 e. The molecule has 3 nitrogen and oxygen atoms in total. The van der Waals surface area contributed by atoms with Crippen LogP contribution in [0.4, 0.5) is 0 Å². The van der Waals surface area contributed by atoms with Crippen molar-refractivity contribution in [3.8, 4) is 6.07 Å². The maximum Gasteiger partial charge on any atom is 0.168 e. The molecule has 2 rings (SSSR count). The number of nitrogens with zero attached hydrogens (tertiary/aromatic N) is 2. The van der Waals surface area contributed by atoms with Gasteiger partial charge in [-0.1, -0.05) is 23.4 Å². The van der Waals surface area contributed by atoms with Gasteiger partial charge in [0.15, 0.2) is 6.29 Å². The Labute approximate surface area is 113 Å². The normalized spacial score (nSPS) is 9.78. The van der Waals surface area contributed by atoms with Crippen molar-refractivity contribution in [1.29, 1.82) is 5.26 Å². The standard InChI is InChI=1S/C13H7ClN2OS/c14-10-2-5-12(6-3-10)18-13-9(7-15)1-4-11(8-17)16-13/h1-6,8H. The van der Waals surface area contributed by atoms with Gasteiger partial charge in [-0.3, -0.25) is 4.79 Å². The SMILES string of the molecule is N#Cc1ccc(C=O)nc1Sc1ccc(Cl)cc1. The average molecular weight is 275 g/mol. The molecule has 0 aliphatic heterocycles. The highest BCUT2D eigenvalue weighted by Gasteiger charge is 2.07. The van der Waals surface area contributed by atoms with Crippen molar-refractivity contribution in [1.82, 2.24) is 4.98 Å². The molecule has 18 heavy (non-hydrogen) atoms. The van der Waals surface area contributed by atoms with E-state index in [0.29, 0.717) is 27.6 Å². The molecule has 0 spiro atoms. The molecule has 0 radical (unpaired) electrons. The summed E-state index contributed by atoms with van der Waals surface area (Å²) in [7, 11) is 0. The third-order valence-electron chi connectivity index (χ3n) is 2.15. The molecule has 0 fully saturated rings. The lowest BCUT2D eigenvalue weighted by Crippen LogP contribution is -1.92. The summed E-state index contributed by atoms with van der Waals surface area (Å²) in [5.41, 5.74) is 0.756. The molecule has 0 unspecified atom stereocenters. The fourth-order valence-corrected chi connectivity index (χ4v) is 2.29. The molecule has 5 heteroatoms. The average Bonchev–Trinajstić information content (AvgIpc) is 2.41. The third-order valence-corrected chi connectivity index (χ3v) is 3.42. The summed E-state index contributed by atoms with van der Waals surface area (Å²) in [6.45, 7) is 0. The fourth-order valence-electron chi connectivity index (χ4n) is 1.30. The van der Waals surface area contributed by atoms with Gasteiger partial charge in [0, 0.05) is 9.92 Å². The van der Waals surface area contributed by atoms with Crippen LogP contribution in [0.25, 0.3) is 0 Å². The summed E-state index contributed by atoms with van der Waals surface area (Å²) in [6.07, 6.45) is 0.660. The molecule has 0 bridgehead atoms. The van der Waals surface area contributed by atoms with Crippen LogP contribution >= 0.6 is 23.4 Å². The number of hydrogen-bond donors (Lipinski definition) is 0. The highest BCUT2D eigenvalue weighted by molar-refractivity contribution is 7.99. The van der Waals surface area contributed by atoms with E-state index >= 15 is 0 Å². The first-order valence-electron chi connectivity index (χ1n) is 5.02. The molecule has 0 aliphatic rings. The number of aromatic nitrogens is 1. The third kappa shape index (κ3) is 2.89. The Morgan fingerprint density at radius 3 is 2.56 bits per heavy atom. The highest BCUT2D eigenvalue weighted by Crippen LogP contribution is 2.29. The van der Waals surface area contributed by atoms with Crippen molar-refractivity contribution in [3.05, 3.63) is 52.7 Å². The Kier molecular flexibility index (Phi) is 3.98. The van der Waals surface area contributed by atoms with Gasteiger partial charge in [-0.15, -0.1) is 0 Å². The lowest BCUT2D eigenvalue weighted by Gasteiger charge is -2.03. The Bertz CT molecular complexity index is 620. The van der Waals surface area contributed by atoms with Crippen molar-refractivity contribution in [2.75, 3.05) is 0 Å². The quantitative estimate of drug-likeness (QED) is 0.803. The summed E-state index contributed by atoms with van der Waals surface area (Å²) >= 11 is 7.12.